The van der Waals surface area contributed by atoms with Gasteiger partial charge in [-0.2, -0.15) is 5.10 Å². The molecule has 134 valence electrons. The van der Waals surface area contributed by atoms with Gasteiger partial charge in [0.15, 0.2) is 5.76 Å². The van der Waals surface area contributed by atoms with Crippen LogP contribution in [0.5, 0.6) is 0 Å². The highest BCUT2D eigenvalue weighted by molar-refractivity contribution is 6.31. The van der Waals surface area contributed by atoms with Crippen molar-refractivity contribution in [3.8, 4) is 0 Å². The van der Waals surface area contributed by atoms with Gasteiger partial charge in [0.25, 0.3) is 5.91 Å². The number of hydrogen-bond donors (Lipinski definition) is 0. The number of aryl methyl sites for hydroxylation is 1. The highest BCUT2D eigenvalue weighted by Crippen LogP contribution is 2.33. The van der Waals surface area contributed by atoms with E-state index in [0.717, 1.165) is 23.5 Å². The quantitative estimate of drug-likeness (QED) is 0.688. The Morgan fingerprint density at radius 1 is 1.27 bits per heavy atom. The first-order valence-corrected chi connectivity index (χ1v) is 9.03. The van der Waals surface area contributed by atoms with Crippen LogP contribution in [0.1, 0.15) is 40.2 Å². The van der Waals surface area contributed by atoms with Crippen molar-refractivity contribution in [1.29, 1.82) is 0 Å². The zero-order valence-corrected chi connectivity index (χ0v) is 15.7. The number of furan rings is 1. The molecule has 0 unspecified atom stereocenters. The fraction of sp³-hybridized carbons (Fsp3) is 0.300. The van der Waals surface area contributed by atoms with Crippen LogP contribution in [-0.4, -0.2) is 21.7 Å². The Kier molecular flexibility index (Phi) is 4.11. The molecule has 1 amide bonds. The van der Waals surface area contributed by atoms with E-state index >= 15 is 0 Å². The fourth-order valence-corrected chi connectivity index (χ4v) is 3.68. The molecule has 0 radical (unpaired) electrons. The molecule has 26 heavy (non-hydrogen) atoms. The number of amides is 1. The van der Waals surface area contributed by atoms with Crippen LogP contribution in [0.2, 0.25) is 5.02 Å². The number of aromatic nitrogens is 2. The predicted octanol–water partition coefficient (Wildman–Crippen LogP) is 4.39. The minimum Gasteiger partial charge on any atom is -0.454 e. The largest absolute Gasteiger partial charge is 0.454 e. The summed E-state index contributed by atoms with van der Waals surface area (Å²) in [7, 11) is 0. The van der Waals surface area contributed by atoms with E-state index in [0.29, 0.717) is 23.1 Å². The molecular formula is C20H20ClN3O2. The van der Waals surface area contributed by atoms with Crippen molar-refractivity contribution >= 4 is 23.2 Å². The summed E-state index contributed by atoms with van der Waals surface area (Å²) in [6, 6.07) is 11.7. The van der Waals surface area contributed by atoms with Gasteiger partial charge in [0.2, 0.25) is 0 Å². The van der Waals surface area contributed by atoms with Gasteiger partial charge >= 0.3 is 0 Å². The van der Waals surface area contributed by atoms with Crippen LogP contribution in [0.3, 0.4) is 0 Å². The van der Waals surface area contributed by atoms with Gasteiger partial charge in [-0.05, 0) is 51.0 Å². The van der Waals surface area contributed by atoms with E-state index in [9.17, 15) is 4.79 Å². The van der Waals surface area contributed by atoms with Gasteiger partial charge < -0.3 is 9.32 Å². The average molecular weight is 370 g/mol. The van der Waals surface area contributed by atoms with Crippen LogP contribution in [-0.2, 0) is 13.0 Å². The third kappa shape index (κ3) is 2.72. The van der Waals surface area contributed by atoms with E-state index in [4.69, 9.17) is 16.0 Å². The van der Waals surface area contributed by atoms with Crippen molar-refractivity contribution in [3.05, 3.63) is 69.9 Å². The second-order valence-corrected chi connectivity index (χ2v) is 7.14. The molecule has 2 aromatic heterocycles. The monoisotopic (exact) mass is 369 g/mol. The first-order chi connectivity index (χ1) is 12.5. The lowest BCUT2D eigenvalue weighted by molar-refractivity contribution is 0.0952. The number of para-hydroxylation sites is 1. The van der Waals surface area contributed by atoms with Crippen LogP contribution in [0.15, 0.2) is 40.8 Å². The molecule has 0 bridgehead atoms. The van der Waals surface area contributed by atoms with E-state index in [1.165, 1.54) is 5.56 Å². The molecule has 1 atom stereocenters. The Bertz CT molecular complexity index is 989. The second-order valence-electron chi connectivity index (χ2n) is 6.77. The molecule has 1 aliphatic heterocycles. The molecule has 0 N–H and O–H groups in total. The normalized spacial score (nSPS) is 16.2. The molecule has 3 aromatic rings. The SMILES string of the molecule is Cc1nn(Cc2ccc(C(=O)N3c4ccccc4C[C@@H]3C)o2)c(C)c1Cl. The summed E-state index contributed by atoms with van der Waals surface area (Å²) < 4.78 is 7.62. The second kappa shape index (κ2) is 6.32. The maximum atomic E-state index is 13.0. The first kappa shape index (κ1) is 16.9. The number of fused-ring (bicyclic) bond motifs is 1. The first-order valence-electron chi connectivity index (χ1n) is 8.65. The minimum absolute atomic E-state index is 0.111. The Balaban J connectivity index is 1.58. The Morgan fingerprint density at radius 3 is 2.77 bits per heavy atom. The summed E-state index contributed by atoms with van der Waals surface area (Å²) in [4.78, 5) is 14.8. The molecule has 1 aliphatic rings. The molecule has 4 rings (SSSR count). The van der Waals surface area contributed by atoms with E-state index in [2.05, 4.69) is 18.1 Å². The summed E-state index contributed by atoms with van der Waals surface area (Å²) in [6.45, 7) is 6.29. The summed E-state index contributed by atoms with van der Waals surface area (Å²) in [5.41, 5.74) is 3.83. The average Bonchev–Trinajstić information content (AvgIpc) is 3.28. The van der Waals surface area contributed by atoms with Crippen molar-refractivity contribution < 1.29 is 9.21 Å². The number of nitrogens with zero attached hydrogens (tertiary/aromatic N) is 3. The van der Waals surface area contributed by atoms with Crippen LogP contribution in [0, 0.1) is 13.8 Å². The molecule has 6 heteroatoms. The summed E-state index contributed by atoms with van der Waals surface area (Å²) >= 11 is 6.20. The van der Waals surface area contributed by atoms with Crippen molar-refractivity contribution in [2.24, 2.45) is 0 Å². The van der Waals surface area contributed by atoms with Gasteiger partial charge in [-0.1, -0.05) is 29.8 Å². The van der Waals surface area contributed by atoms with E-state index in [1.807, 2.05) is 43.0 Å². The molecule has 0 saturated carbocycles. The lowest BCUT2D eigenvalue weighted by atomic mass is 10.1. The van der Waals surface area contributed by atoms with Gasteiger partial charge in [0, 0.05) is 11.7 Å². The molecule has 0 saturated heterocycles. The third-order valence-corrected chi connectivity index (χ3v) is 5.44. The summed E-state index contributed by atoms with van der Waals surface area (Å²) in [5, 5.41) is 5.07. The third-order valence-electron chi connectivity index (χ3n) is 4.90. The lowest BCUT2D eigenvalue weighted by Gasteiger charge is -2.21. The zero-order chi connectivity index (χ0) is 18.4. The lowest BCUT2D eigenvalue weighted by Crippen LogP contribution is -2.35. The van der Waals surface area contributed by atoms with Crippen LogP contribution in [0.4, 0.5) is 5.69 Å². The van der Waals surface area contributed by atoms with Gasteiger partial charge in [0.1, 0.15) is 5.76 Å². The molecule has 5 nitrogen and oxygen atoms in total. The number of benzene rings is 1. The molecule has 1 aromatic carbocycles. The summed E-state index contributed by atoms with van der Waals surface area (Å²) in [5.74, 6) is 0.909. The molecular weight excluding hydrogens is 350 g/mol. The maximum Gasteiger partial charge on any atom is 0.294 e. The van der Waals surface area contributed by atoms with E-state index in [1.54, 1.807) is 10.7 Å². The van der Waals surface area contributed by atoms with Gasteiger partial charge in [-0.25, -0.2) is 0 Å². The van der Waals surface area contributed by atoms with Crippen molar-refractivity contribution in [2.45, 2.75) is 39.8 Å². The Morgan fingerprint density at radius 2 is 2.04 bits per heavy atom. The number of hydrogen-bond acceptors (Lipinski definition) is 3. The van der Waals surface area contributed by atoms with Crippen LogP contribution >= 0.6 is 11.6 Å². The number of rotatable bonds is 3. The predicted molar refractivity (Wildman–Crippen MR) is 101 cm³/mol. The van der Waals surface area contributed by atoms with E-state index in [-0.39, 0.29) is 11.9 Å². The molecule has 0 aliphatic carbocycles. The number of carbonyl (C=O) groups excluding carboxylic acids is 1. The van der Waals surface area contributed by atoms with Gasteiger partial charge in [0.05, 0.1) is 23.0 Å². The number of anilines is 1. The Hall–Kier alpha value is -2.53. The molecule has 3 heterocycles. The Labute approximate surface area is 157 Å². The minimum atomic E-state index is -0.111. The van der Waals surface area contributed by atoms with E-state index < -0.39 is 0 Å². The van der Waals surface area contributed by atoms with Gasteiger partial charge in [-0.15, -0.1) is 0 Å². The number of halogens is 1. The van der Waals surface area contributed by atoms with Crippen LogP contribution in [0.25, 0.3) is 0 Å². The fourth-order valence-electron chi connectivity index (χ4n) is 3.55. The molecule has 0 spiro atoms. The summed E-state index contributed by atoms with van der Waals surface area (Å²) in [6.07, 6.45) is 0.861. The standard InChI is InChI=1S/C20H20ClN3O2/c1-12-10-15-6-4-5-7-17(15)24(12)20(25)18-9-8-16(26-18)11-23-14(3)19(21)13(2)22-23/h4-9,12H,10-11H2,1-3H3/t12-/m0/s1. The topological polar surface area (TPSA) is 51.3 Å². The highest BCUT2D eigenvalue weighted by Gasteiger charge is 2.32. The van der Waals surface area contributed by atoms with Crippen molar-refractivity contribution in [3.63, 3.8) is 0 Å². The van der Waals surface area contributed by atoms with Crippen LogP contribution < -0.4 is 4.90 Å². The highest BCUT2D eigenvalue weighted by atomic mass is 35.5. The zero-order valence-electron chi connectivity index (χ0n) is 15.0. The smallest absolute Gasteiger partial charge is 0.294 e. The van der Waals surface area contributed by atoms with Crippen molar-refractivity contribution in [1.82, 2.24) is 9.78 Å². The maximum absolute atomic E-state index is 13.0. The number of carbonyl (C=O) groups is 1. The molecule has 0 fully saturated rings. The van der Waals surface area contributed by atoms with Crippen molar-refractivity contribution in [2.75, 3.05) is 4.90 Å². The van der Waals surface area contributed by atoms with Gasteiger partial charge in [-0.3, -0.25) is 9.48 Å².